The number of aromatic amines is 1. The molecule has 23 heavy (non-hydrogen) atoms. The van der Waals surface area contributed by atoms with Gasteiger partial charge in [0.15, 0.2) is 0 Å². The van der Waals surface area contributed by atoms with Gasteiger partial charge in [-0.05, 0) is 36.6 Å². The molecule has 3 N–H and O–H groups in total. The number of pyridine rings is 1. The van der Waals surface area contributed by atoms with Crippen LogP contribution in [-0.2, 0) is 0 Å². The number of carbonyl (C=O) groups excluding carboxylic acids is 1. The molecule has 3 rings (SSSR count). The van der Waals surface area contributed by atoms with Crippen molar-refractivity contribution < 1.29 is 4.79 Å². The van der Waals surface area contributed by atoms with E-state index in [1.165, 1.54) is 6.07 Å². The third-order valence-electron chi connectivity index (χ3n) is 4.37. The number of fused-ring (bicyclic) bond motifs is 1. The van der Waals surface area contributed by atoms with Crippen molar-refractivity contribution in [3.05, 3.63) is 44.7 Å². The number of aromatic nitrogens is 1. The Labute approximate surface area is 148 Å². The molecule has 1 amide bonds. The van der Waals surface area contributed by atoms with Gasteiger partial charge in [-0.3, -0.25) is 9.59 Å². The summed E-state index contributed by atoms with van der Waals surface area (Å²) in [5.41, 5.74) is 6.62. The van der Waals surface area contributed by atoms with Crippen LogP contribution in [-0.4, -0.2) is 35.4 Å². The predicted octanol–water partition coefficient (Wildman–Crippen LogP) is 2.52. The molecule has 0 bridgehead atoms. The fourth-order valence-electron chi connectivity index (χ4n) is 2.94. The lowest BCUT2D eigenvalue weighted by molar-refractivity contribution is 0.0778. The lowest BCUT2D eigenvalue weighted by Crippen LogP contribution is -2.35. The molecule has 0 aliphatic carbocycles. The second-order valence-electron chi connectivity index (χ2n) is 6.23. The molecule has 0 radical (unpaired) electrons. The molecule has 1 aliphatic heterocycles. The van der Waals surface area contributed by atoms with Gasteiger partial charge < -0.3 is 15.6 Å². The maximum absolute atomic E-state index is 12.8. The van der Waals surface area contributed by atoms with E-state index in [2.05, 4.69) is 27.8 Å². The SMILES string of the molecule is CC1(CN)CCN(C(=O)c2cc(=O)[nH]c3ccc(Br)cc23)C1.Cl. The number of carbonyl (C=O) groups is 1. The fourth-order valence-corrected chi connectivity index (χ4v) is 3.30. The third-order valence-corrected chi connectivity index (χ3v) is 4.87. The van der Waals surface area contributed by atoms with E-state index >= 15 is 0 Å². The second-order valence-corrected chi connectivity index (χ2v) is 7.14. The first-order valence-electron chi connectivity index (χ1n) is 7.24. The summed E-state index contributed by atoms with van der Waals surface area (Å²) in [5, 5.41) is 0.750. The van der Waals surface area contributed by atoms with Crippen LogP contribution >= 0.6 is 28.3 Å². The number of amides is 1. The highest BCUT2D eigenvalue weighted by atomic mass is 79.9. The average molecular weight is 401 g/mol. The predicted molar refractivity (Wildman–Crippen MR) is 97.2 cm³/mol. The normalized spacial score (nSPS) is 20.6. The molecular formula is C16H19BrClN3O2. The van der Waals surface area contributed by atoms with Crippen molar-refractivity contribution in [2.24, 2.45) is 11.1 Å². The van der Waals surface area contributed by atoms with E-state index in [4.69, 9.17) is 5.73 Å². The second kappa shape index (κ2) is 6.63. The standard InChI is InChI=1S/C16H18BrN3O2.ClH/c1-16(8-18)4-5-20(9-16)15(22)12-7-14(21)19-13-3-2-10(17)6-11(12)13;/h2-3,6-7H,4-5,8-9,18H2,1H3,(H,19,21);1H. The minimum atomic E-state index is -0.265. The van der Waals surface area contributed by atoms with Gasteiger partial charge >= 0.3 is 0 Å². The number of hydrogen-bond donors (Lipinski definition) is 2. The number of likely N-dealkylation sites (tertiary alicyclic amines) is 1. The lowest BCUT2D eigenvalue weighted by atomic mass is 9.90. The molecule has 0 spiro atoms. The highest BCUT2D eigenvalue weighted by molar-refractivity contribution is 9.10. The number of nitrogens with one attached hydrogen (secondary N) is 1. The summed E-state index contributed by atoms with van der Waals surface area (Å²) in [6.07, 6.45) is 0.889. The summed E-state index contributed by atoms with van der Waals surface area (Å²) in [5.74, 6) is -0.105. The van der Waals surface area contributed by atoms with Crippen molar-refractivity contribution in [3.63, 3.8) is 0 Å². The van der Waals surface area contributed by atoms with Crippen molar-refractivity contribution in [1.29, 1.82) is 0 Å². The molecule has 1 fully saturated rings. The number of halogens is 2. The fraction of sp³-hybridized carbons (Fsp3) is 0.375. The van der Waals surface area contributed by atoms with Crippen LogP contribution in [0.2, 0.25) is 0 Å². The number of rotatable bonds is 2. The van der Waals surface area contributed by atoms with Gasteiger partial charge in [0.1, 0.15) is 0 Å². The maximum Gasteiger partial charge on any atom is 0.254 e. The van der Waals surface area contributed by atoms with Crippen molar-refractivity contribution in [3.8, 4) is 0 Å². The zero-order chi connectivity index (χ0) is 15.9. The van der Waals surface area contributed by atoms with Gasteiger partial charge in [0.05, 0.1) is 5.56 Å². The van der Waals surface area contributed by atoms with Crippen molar-refractivity contribution in [2.75, 3.05) is 19.6 Å². The van der Waals surface area contributed by atoms with Crippen LogP contribution < -0.4 is 11.3 Å². The Hall–Kier alpha value is -1.37. The van der Waals surface area contributed by atoms with E-state index in [0.29, 0.717) is 30.7 Å². The van der Waals surface area contributed by atoms with Gasteiger partial charge in [-0.15, -0.1) is 12.4 Å². The largest absolute Gasteiger partial charge is 0.338 e. The zero-order valence-electron chi connectivity index (χ0n) is 12.8. The first-order chi connectivity index (χ1) is 10.4. The van der Waals surface area contributed by atoms with Crippen LogP contribution in [0.4, 0.5) is 0 Å². The summed E-state index contributed by atoms with van der Waals surface area (Å²) in [4.78, 5) is 29.2. The molecule has 2 aromatic rings. The molecule has 1 saturated heterocycles. The van der Waals surface area contributed by atoms with Crippen LogP contribution in [0.5, 0.6) is 0 Å². The Morgan fingerprint density at radius 1 is 1.43 bits per heavy atom. The molecule has 7 heteroatoms. The van der Waals surface area contributed by atoms with Gasteiger partial charge in [-0.1, -0.05) is 22.9 Å². The van der Waals surface area contributed by atoms with Crippen LogP contribution in [0, 0.1) is 5.41 Å². The molecule has 1 unspecified atom stereocenters. The van der Waals surface area contributed by atoms with Crippen LogP contribution in [0.3, 0.4) is 0 Å². The number of nitrogens with two attached hydrogens (primary N) is 1. The quantitative estimate of drug-likeness (QED) is 0.813. The van der Waals surface area contributed by atoms with E-state index < -0.39 is 0 Å². The number of nitrogens with zero attached hydrogens (tertiary/aromatic N) is 1. The average Bonchev–Trinajstić information content (AvgIpc) is 2.89. The zero-order valence-corrected chi connectivity index (χ0v) is 15.2. The minimum absolute atomic E-state index is 0. The Morgan fingerprint density at radius 2 is 2.17 bits per heavy atom. The Balaban J connectivity index is 0.00000192. The van der Waals surface area contributed by atoms with Crippen molar-refractivity contribution in [1.82, 2.24) is 9.88 Å². The van der Waals surface area contributed by atoms with Gasteiger partial charge in [0.25, 0.3) is 5.91 Å². The van der Waals surface area contributed by atoms with E-state index in [1.807, 2.05) is 12.1 Å². The molecule has 1 aromatic carbocycles. The van der Waals surface area contributed by atoms with Crippen LogP contribution in [0.15, 0.2) is 33.5 Å². The molecule has 124 valence electrons. The van der Waals surface area contributed by atoms with Gasteiger partial charge in [-0.2, -0.15) is 0 Å². The summed E-state index contributed by atoms with van der Waals surface area (Å²) in [6.45, 7) is 3.95. The smallest absolute Gasteiger partial charge is 0.254 e. The Bertz CT molecular complexity index is 808. The first-order valence-corrected chi connectivity index (χ1v) is 8.03. The molecule has 0 saturated carbocycles. The van der Waals surface area contributed by atoms with Crippen LogP contribution in [0.1, 0.15) is 23.7 Å². The first kappa shape index (κ1) is 18.0. The lowest BCUT2D eigenvalue weighted by Gasteiger charge is -2.23. The third kappa shape index (κ3) is 3.44. The molecule has 1 atom stereocenters. The monoisotopic (exact) mass is 399 g/mol. The maximum atomic E-state index is 12.8. The topological polar surface area (TPSA) is 79.2 Å². The van der Waals surface area contributed by atoms with E-state index in [-0.39, 0.29) is 29.3 Å². The number of hydrogen-bond acceptors (Lipinski definition) is 3. The Morgan fingerprint density at radius 3 is 2.83 bits per heavy atom. The van der Waals surface area contributed by atoms with Crippen molar-refractivity contribution >= 4 is 45.1 Å². The molecule has 5 nitrogen and oxygen atoms in total. The van der Waals surface area contributed by atoms with Gasteiger partial charge in [0.2, 0.25) is 5.56 Å². The summed E-state index contributed by atoms with van der Waals surface area (Å²) >= 11 is 3.41. The molecule has 1 aliphatic rings. The summed E-state index contributed by atoms with van der Waals surface area (Å²) in [6, 6.07) is 6.88. The molecule has 1 aromatic heterocycles. The highest BCUT2D eigenvalue weighted by Gasteiger charge is 2.35. The molecule has 2 heterocycles. The summed E-state index contributed by atoms with van der Waals surface area (Å²) in [7, 11) is 0. The van der Waals surface area contributed by atoms with E-state index in [0.717, 1.165) is 16.3 Å². The highest BCUT2D eigenvalue weighted by Crippen LogP contribution is 2.30. The number of benzene rings is 1. The van der Waals surface area contributed by atoms with Crippen molar-refractivity contribution in [2.45, 2.75) is 13.3 Å². The van der Waals surface area contributed by atoms with Gasteiger partial charge in [-0.25, -0.2) is 0 Å². The van der Waals surface area contributed by atoms with E-state index in [9.17, 15) is 9.59 Å². The van der Waals surface area contributed by atoms with Gasteiger partial charge in [0, 0.05) is 34.5 Å². The minimum Gasteiger partial charge on any atom is -0.338 e. The molecular weight excluding hydrogens is 382 g/mol. The Kier molecular flexibility index (Phi) is 5.18. The summed E-state index contributed by atoms with van der Waals surface area (Å²) < 4.78 is 0.870. The number of H-pyrrole nitrogens is 1. The van der Waals surface area contributed by atoms with E-state index in [1.54, 1.807) is 11.0 Å². The van der Waals surface area contributed by atoms with Crippen LogP contribution in [0.25, 0.3) is 10.9 Å².